The van der Waals surface area contributed by atoms with Crippen LogP contribution in [-0.2, 0) is 4.79 Å². The summed E-state index contributed by atoms with van der Waals surface area (Å²) in [5.74, 6) is 0. The molecular formula is C13H9NOSe. The first-order chi connectivity index (χ1) is 7.69. The molecule has 0 spiro atoms. The van der Waals surface area contributed by atoms with E-state index < -0.39 is 0 Å². The van der Waals surface area contributed by atoms with E-state index in [2.05, 4.69) is 6.07 Å². The van der Waals surface area contributed by atoms with Crippen LogP contribution in [0.3, 0.4) is 0 Å². The second-order valence-corrected chi connectivity index (χ2v) is 6.05. The van der Waals surface area contributed by atoms with Gasteiger partial charge in [-0.1, -0.05) is 0 Å². The maximum absolute atomic E-state index is 11.0. The molecule has 0 atom stereocenters. The Kier molecular flexibility index (Phi) is 3.05. The zero-order valence-corrected chi connectivity index (χ0v) is 10.4. The number of benzene rings is 2. The standard InChI is InChI=1S/C13H9NOSe/c1-9(15)16-13-5-4-11-6-10(8-14)2-3-12(11)7-13/h2-7H,1H3. The van der Waals surface area contributed by atoms with Gasteiger partial charge in [-0.2, -0.15) is 0 Å². The van der Waals surface area contributed by atoms with Crippen LogP contribution in [-0.4, -0.2) is 19.6 Å². The summed E-state index contributed by atoms with van der Waals surface area (Å²) in [6, 6.07) is 13.7. The summed E-state index contributed by atoms with van der Waals surface area (Å²) >= 11 is -0.0951. The molecule has 2 aromatic rings. The van der Waals surface area contributed by atoms with Crippen molar-refractivity contribution in [1.29, 1.82) is 5.26 Å². The zero-order valence-electron chi connectivity index (χ0n) is 8.73. The average Bonchev–Trinajstić information content (AvgIpc) is 2.27. The van der Waals surface area contributed by atoms with E-state index in [1.807, 2.05) is 30.3 Å². The first kappa shape index (κ1) is 10.9. The van der Waals surface area contributed by atoms with Gasteiger partial charge in [0, 0.05) is 0 Å². The summed E-state index contributed by atoms with van der Waals surface area (Å²) in [6.07, 6.45) is 0. The van der Waals surface area contributed by atoms with Gasteiger partial charge in [0.1, 0.15) is 0 Å². The normalized spacial score (nSPS) is 10.0. The van der Waals surface area contributed by atoms with Crippen LogP contribution in [0, 0.1) is 11.3 Å². The van der Waals surface area contributed by atoms with Gasteiger partial charge >= 0.3 is 99.9 Å². The van der Waals surface area contributed by atoms with E-state index in [0.29, 0.717) is 5.56 Å². The Morgan fingerprint density at radius 3 is 2.56 bits per heavy atom. The molecule has 16 heavy (non-hydrogen) atoms. The third-order valence-corrected chi connectivity index (χ3v) is 3.83. The van der Waals surface area contributed by atoms with Crippen LogP contribution in [0.2, 0.25) is 0 Å². The Balaban J connectivity index is 2.48. The Hall–Kier alpha value is -1.62. The van der Waals surface area contributed by atoms with Crippen LogP contribution in [0.15, 0.2) is 36.4 Å². The number of hydrogen-bond donors (Lipinski definition) is 0. The van der Waals surface area contributed by atoms with Crippen molar-refractivity contribution >= 4 is 34.9 Å². The van der Waals surface area contributed by atoms with Gasteiger partial charge in [0.05, 0.1) is 0 Å². The number of nitriles is 1. The molecule has 0 radical (unpaired) electrons. The molecule has 0 N–H and O–H groups in total. The Bertz CT molecular complexity index is 598. The fourth-order valence-corrected chi connectivity index (χ4v) is 2.89. The predicted molar refractivity (Wildman–Crippen MR) is 64.7 cm³/mol. The first-order valence-electron chi connectivity index (χ1n) is 4.81. The molecule has 0 aliphatic heterocycles. The fourth-order valence-electron chi connectivity index (χ4n) is 1.52. The third kappa shape index (κ3) is 2.30. The molecule has 0 amide bonds. The Morgan fingerprint density at radius 1 is 1.19 bits per heavy atom. The van der Waals surface area contributed by atoms with Crippen LogP contribution < -0.4 is 4.46 Å². The van der Waals surface area contributed by atoms with E-state index in [-0.39, 0.29) is 19.6 Å². The van der Waals surface area contributed by atoms with Crippen molar-refractivity contribution in [3.05, 3.63) is 42.0 Å². The second kappa shape index (κ2) is 4.49. The first-order valence-corrected chi connectivity index (χ1v) is 6.53. The molecule has 0 saturated heterocycles. The average molecular weight is 274 g/mol. The molecule has 3 heteroatoms. The molecule has 0 aromatic heterocycles. The van der Waals surface area contributed by atoms with Crippen molar-refractivity contribution in [2.24, 2.45) is 0 Å². The topological polar surface area (TPSA) is 40.9 Å². The van der Waals surface area contributed by atoms with Gasteiger partial charge in [0.2, 0.25) is 0 Å². The van der Waals surface area contributed by atoms with Gasteiger partial charge in [-0.15, -0.1) is 0 Å². The van der Waals surface area contributed by atoms with E-state index in [1.54, 1.807) is 13.0 Å². The molecule has 0 bridgehead atoms. The van der Waals surface area contributed by atoms with E-state index >= 15 is 0 Å². The molecule has 0 unspecified atom stereocenters. The minimum atomic E-state index is -0.0951. The van der Waals surface area contributed by atoms with Gasteiger partial charge in [-0.3, -0.25) is 0 Å². The van der Waals surface area contributed by atoms with E-state index in [9.17, 15) is 4.79 Å². The summed E-state index contributed by atoms with van der Waals surface area (Å²) in [5.41, 5.74) is 0.664. The Morgan fingerprint density at radius 2 is 1.88 bits per heavy atom. The van der Waals surface area contributed by atoms with Crippen molar-refractivity contribution < 1.29 is 4.79 Å². The van der Waals surface area contributed by atoms with Crippen molar-refractivity contribution in [2.75, 3.05) is 0 Å². The Labute approximate surface area is 100 Å². The number of nitrogens with zero attached hydrogens (tertiary/aromatic N) is 1. The van der Waals surface area contributed by atoms with Crippen LogP contribution in [0.5, 0.6) is 0 Å². The number of carbonyl (C=O) groups is 1. The quantitative estimate of drug-likeness (QED) is 0.780. The van der Waals surface area contributed by atoms with Crippen molar-refractivity contribution in [3.8, 4) is 6.07 Å². The van der Waals surface area contributed by atoms with E-state index in [1.165, 1.54) is 0 Å². The molecule has 2 nitrogen and oxygen atoms in total. The van der Waals surface area contributed by atoms with Gasteiger partial charge < -0.3 is 0 Å². The zero-order chi connectivity index (χ0) is 11.5. The minimum absolute atomic E-state index is 0.0951. The van der Waals surface area contributed by atoms with Gasteiger partial charge in [0.25, 0.3) is 0 Å². The van der Waals surface area contributed by atoms with Crippen molar-refractivity contribution in [1.82, 2.24) is 0 Å². The number of rotatable bonds is 2. The monoisotopic (exact) mass is 275 g/mol. The van der Waals surface area contributed by atoms with E-state index in [0.717, 1.165) is 15.2 Å². The molecule has 0 heterocycles. The summed E-state index contributed by atoms with van der Waals surface area (Å²) in [4.78, 5) is 11.0. The summed E-state index contributed by atoms with van der Waals surface area (Å²) in [5, 5.41) is 10.9. The molecule has 2 rings (SSSR count). The summed E-state index contributed by atoms with van der Waals surface area (Å²) in [7, 11) is 0. The SMILES string of the molecule is CC(=O)[Se]c1ccc2cc(C#N)ccc2c1. The van der Waals surface area contributed by atoms with Gasteiger partial charge in [0.15, 0.2) is 0 Å². The molecule has 2 aromatic carbocycles. The second-order valence-electron chi connectivity index (χ2n) is 3.43. The van der Waals surface area contributed by atoms with Gasteiger partial charge in [-0.25, -0.2) is 0 Å². The number of fused-ring (bicyclic) bond motifs is 1. The van der Waals surface area contributed by atoms with Crippen molar-refractivity contribution in [2.45, 2.75) is 6.92 Å². The molecular weight excluding hydrogens is 265 g/mol. The van der Waals surface area contributed by atoms with Crippen LogP contribution >= 0.6 is 0 Å². The predicted octanol–water partition coefficient (Wildman–Crippen LogP) is 1.59. The van der Waals surface area contributed by atoms with Crippen LogP contribution in [0.1, 0.15) is 12.5 Å². The molecule has 0 saturated carbocycles. The summed E-state index contributed by atoms with van der Waals surface area (Å²) < 4.78 is 1.30. The molecule has 78 valence electrons. The molecule has 0 aliphatic carbocycles. The van der Waals surface area contributed by atoms with Gasteiger partial charge in [-0.05, 0) is 0 Å². The van der Waals surface area contributed by atoms with Crippen LogP contribution in [0.4, 0.5) is 0 Å². The number of carbonyl (C=O) groups excluding carboxylic acids is 1. The molecule has 0 fully saturated rings. The fraction of sp³-hybridized carbons (Fsp3) is 0.0769. The number of hydrogen-bond acceptors (Lipinski definition) is 2. The molecule has 0 aliphatic rings. The van der Waals surface area contributed by atoms with E-state index in [4.69, 9.17) is 5.26 Å². The maximum atomic E-state index is 11.0. The van der Waals surface area contributed by atoms with Crippen LogP contribution in [0.25, 0.3) is 10.8 Å². The third-order valence-electron chi connectivity index (χ3n) is 2.20. The van der Waals surface area contributed by atoms with Crippen molar-refractivity contribution in [3.63, 3.8) is 0 Å². The summed E-state index contributed by atoms with van der Waals surface area (Å²) in [6.45, 7) is 1.61.